The molecule has 0 atom stereocenters. The van der Waals surface area contributed by atoms with E-state index in [9.17, 15) is 8.42 Å². The zero-order valence-corrected chi connectivity index (χ0v) is 21.5. The van der Waals surface area contributed by atoms with Crippen molar-refractivity contribution < 1.29 is 27.2 Å². The van der Waals surface area contributed by atoms with E-state index >= 15 is 0 Å². The molecule has 11 nitrogen and oxygen atoms in total. The number of piperazine rings is 1. The molecule has 0 bridgehead atoms. The quantitative estimate of drug-likeness (QED) is 0.350. The van der Waals surface area contributed by atoms with Crippen molar-refractivity contribution in [1.29, 1.82) is 0 Å². The fourth-order valence-electron chi connectivity index (χ4n) is 4.07. The van der Waals surface area contributed by atoms with Crippen LogP contribution in [0.25, 0.3) is 22.2 Å². The summed E-state index contributed by atoms with van der Waals surface area (Å²) < 4.78 is 50.8. The minimum absolute atomic E-state index is 0.0128. The molecule has 0 radical (unpaired) electrons. The first-order valence-electron chi connectivity index (χ1n) is 11.1. The first-order chi connectivity index (χ1) is 17.4. The van der Waals surface area contributed by atoms with Crippen LogP contribution < -0.4 is 29.1 Å². The van der Waals surface area contributed by atoms with Crippen LogP contribution in [0.2, 0.25) is 0 Å². The molecular weight excluding hydrogens is 506 g/mol. The Kier molecular flexibility index (Phi) is 6.60. The summed E-state index contributed by atoms with van der Waals surface area (Å²) >= 11 is 1.57. The molecule has 190 valence electrons. The number of ether oxygens (including phenoxy) is 3. The van der Waals surface area contributed by atoms with Gasteiger partial charge in [0.15, 0.2) is 21.4 Å². The van der Waals surface area contributed by atoms with Gasteiger partial charge in [-0.05, 0) is 24.3 Å². The number of sulfonamides is 1. The number of anilines is 2. The van der Waals surface area contributed by atoms with Crippen LogP contribution in [0, 0.1) is 0 Å². The highest BCUT2D eigenvalue weighted by atomic mass is 32.2. The van der Waals surface area contributed by atoms with Gasteiger partial charge in [0.25, 0.3) is 10.0 Å². The lowest BCUT2D eigenvalue weighted by Gasteiger charge is -2.26. The molecule has 1 fully saturated rings. The summed E-state index contributed by atoms with van der Waals surface area (Å²) in [6, 6.07) is 8.26. The number of benzene rings is 2. The Hall–Kier alpha value is -3.55. The van der Waals surface area contributed by atoms with E-state index in [1.165, 1.54) is 33.5 Å². The van der Waals surface area contributed by atoms with Gasteiger partial charge in [-0.3, -0.25) is 4.72 Å². The van der Waals surface area contributed by atoms with Crippen molar-refractivity contribution >= 4 is 43.3 Å². The fraction of sp³-hybridized carbons (Fsp3) is 0.304. The SMILES string of the molecule is COc1cccc(OC)c1S(=O)(=O)Nc1noc2cc(-c3csc(N4CCNCC4)n3)cc(OC)c12. The molecule has 2 aromatic carbocycles. The molecule has 2 aromatic heterocycles. The molecule has 0 saturated carbocycles. The van der Waals surface area contributed by atoms with Gasteiger partial charge in [-0.2, -0.15) is 0 Å². The minimum atomic E-state index is -4.16. The largest absolute Gasteiger partial charge is 0.496 e. The average molecular weight is 532 g/mol. The van der Waals surface area contributed by atoms with Crippen molar-refractivity contribution in [2.24, 2.45) is 0 Å². The smallest absolute Gasteiger partial charge is 0.270 e. The highest BCUT2D eigenvalue weighted by molar-refractivity contribution is 7.93. The van der Waals surface area contributed by atoms with E-state index in [-0.39, 0.29) is 22.2 Å². The summed E-state index contributed by atoms with van der Waals surface area (Å²) in [5.41, 5.74) is 1.89. The summed E-state index contributed by atoms with van der Waals surface area (Å²) in [5, 5.41) is 10.6. The molecule has 1 aliphatic rings. The molecule has 5 rings (SSSR count). The maximum Gasteiger partial charge on any atom is 0.270 e. The Morgan fingerprint density at radius 2 is 1.75 bits per heavy atom. The van der Waals surface area contributed by atoms with Crippen LogP contribution in [-0.4, -0.2) is 66.1 Å². The maximum absolute atomic E-state index is 13.3. The molecule has 36 heavy (non-hydrogen) atoms. The van der Waals surface area contributed by atoms with Gasteiger partial charge >= 0.3 is 0 Å². The number of thiazole rings is 1. The molecule has 0 aliphatic carbocycles. The third kappa shape index (κ3) is 4.40. The number of aromatic nitrogens is 2. The van der Waals surface area contributed by atoms with E-state index in [0.717, 1.165) is 42.6 Å². The van der Waals surface area contributed by atoms with Gasteiger partial charge in [-0.15, -0.1) is 11.3 Å². The van der Waals surface area contributed by atoms with E-state index < -0.39 is 10.0 Å². The van der Waals surface area contributed by atoms with Crippen LogP contribution in [0.15, 0.2) is 45.1 Å². The fourth-order valence-corrected chi connectivity index (χ4v) is 6.29. The first kappa shape index (κ1) is 24.2. The van der Waals surface area contributed by atoms with Crippen molar-refractivity contribution in [3.05, 3.63) is 35.7 Å². The Bertz CT molecular complexity index is 1470. The molecule has 0 amide bonds. The lowest BCUT2D eigenvalue weighted by molar-refractivity contribution is 0.373. The predicted octanol–water partition coefficient (Wildman–Crippen LogP) is 3.19. The molecule has 4 aromatic rings. The van der Waals surface area contributed by atoms with Gasteiger partial charge < -0.3 is 29.0 Å². The van der Waals surface area contributed by atoms with E-state index in [2.05, 4.69) is 20.1 Å². The third-order valence-electron chi connectivity index (χ3n) is 5.82. The molecule has 0 spiro atoms. The lowest BCUT2D eigenvalue weighted by atomic mass is 10.1. The summed E-state index contributed by atoms with van der Waals surface area (Å²) in [5.74, 6) is 0.645. The number of fused-ring (bicyclic) bond motifs is 1. The van der Waals surface area contributed by atoms with Crippen LogP contribution in [-0.2, 0) is 10.0 Å². The van der Waals surface area contributed by atoms with Gasteiger partial charge in [0.2, 0.25) is 0 Å². The van der Waals surface area contributed by atoms with Crippen LogP contribution in [0.3, 0.4) is 0 Å². The Morgan fingerprint density at radius 1 is 1.06 bits per heavy atom. The Morgan fingerprint density at radius 3 is 2.42 bits per heavy atom. The molecule has 1 aliphatic heterocycles. The predicted molar refractivity (Wildman–Crippen MR) is 137 cm³/mol. The van der Waals surface area contributed by atoms with Gasteiger partial charge in [0.05, 0.1) is 27.0 Å². The maximum atomic E-state index is 13.3. The van der Waals surface area contributed by atoms with Crippen LogP contribution in [0.5, 0.6) is 17.2 Å². The third-order valence-corrected chi connectivity index (χ3v) is 8.12. The standard InChI is InChI=1S/C23H25N5O6S2/c1-31-16-5-4-6-17(32-2)21(16)36(29,30)27-22-20-18(33-3)11-14(12-19(20)34-26-22)15-13-35-23(25-15)28-9-7-24-8-10-28/h4-6,11-13,24H,7-10H2,1-3H3,(H,26,27). The molecule has 3 heterocycles. The number of nitrogens with zero attached hydrogens (tertiary/aromatic N) is 3. The molecule has 0 unspecified atom stereocenters. The van der Waals surface area contributed by atoms with E-state index in [1.54, 1.807) is 29.5 Å². The van der Waals surface area contributed by atoms with Gasteiger partial charge in [0, 0.05) is 37.1 Å². The second-order valence-electron chi connectivity index (χ2n) is 7.93. The monoisotopic (exact) mass is 531 g/mol. The average Bonchev–Trinajstić information content (AvgIpc) is 3.56. The zero-order valence-electron chi connectivity index (χ0n) is 19.9. The summed E-state index contributed by atoms with van der Waals surface area (Å²) in [6.07, 6.45) is 0. The molecule has 2 N–H and O–H groups in total. The van der Waals surface area contributed by atoms with Gasteiger partial charge in [-0.1, -0.05) is 11.2 Å². The summed E-state index contributed by atoms with van der Waals surface area (Å²) in [7, 11) is 0.114. The van der Waals surface area contributed by atoms with Crippen molar-refractivity contribution in [3.8, 4) is 28.5 Å². The Labute approximate surface area is 212 Å². The second kappa shape index (κ2) is 9.84. The highest BCUT2D eigenvalue weighted by Gasteiger charge is 2.28. The van der Waals surface area contributed by atoms with E-state index in [4.69, 9.17) is 23.7 Å². The van der Waals surface area contributed by atoms with Crippen LogP contribution in [0.1, 0.15) is 0 Å². The number of methoxy groups -OCH3 is 3. The first-order valence-corrected chi connectivity index (χ1v) is 13.4. The van der Waals surface area contributed by atoms with Crippen molar-refractivity contribution in [2.45, 2.75) is 4.90 Å². The van der Waals surface area contributed by atoms with Crippen molar-refractivity contribution in [2.75, 3.05) is 57.1 Å². The highest BCUT2D eigenvalue weighted by Crippen LogP contribution is 2.40. The molecular formula is C23H25N5O6S2. The number of rotatable bonds is 8. The summed E-state index contributed by atoms with van der Waals surface area (Å²) in [6.45, 7) is 3.65. The van der Waals surface area contributed by atoms with Crippen molar-refractivity contribution in [1.82, 2.24) is 15.5 Å². The van der Waals surface area contributed by atoms with Gasteiger partial charge in [0.1, 0.15) is 22.6 Å². The second-order valence-corrected chi connectivity index (χ2v) is 10.4. The van der Waals surface area contributed by atoms with Crippen LogP contribution >= 0.6 is 11.3 Å². The molecule has 13 heteroatoms. The topological polar surface area (TPSA) is 128 Å². The van der Waals surface area contributed by atoms with E-state index in [0.29, 0.717) is 16.7 Å². The number of nitrogens with one attached hydrogen (secondary N) is 2. The summed E-state index contributed by atoms with van der Waals surface area (Å²) in [4.78, 5) is 6.89. The molecule has 1 saturated heterocycles. The van der Waals surface area contributed by atoms with Gasteiger partial charge in [-0.25, -0.2) is 13.4 Å². The number of hydrogen-bond acceptors (Lipinski definition) is 11. The lowest BCUT2D eigenvalue weighted by Crippen LogP contribution is -2.43. The minimum Gasteiger partial charge on any atom is -0.496 e. The normalized spacial score (nSPS) is 14.1. The van der Waals surface area contributed by atoms with Crippen molar-refractivity contribution in [3.63, 3.8) is 0 Å². The van der Waals surface area contributed by atoms with Crippen LogP contribution in [0.4, 0.5) is 10.9 Å². The number of hydrogen-bond donors (Lipinski definition) is 2. The van der Waals surface area contributed by atoms with E-state index in [1.807, 2.05) is 5.38 Å². The zero-order chi connectivity index (χ0) is 25.3. The Balaban J connectivity index is 1.51.